The first-order valence-electron chi connectivity index (χ1n) is 8.55. The Morgan fingerprint density at radius 1 is 0.846 bits per heavy atom. The summed E-state index contributed by atoms with van der Waals surface area (Å²) in [5.41, 5.74) is 2.13. The van der Waals surface area contributed by atoms with Gasteiger partial charge in [0, 0.05) is 0 Å². The van der Waals surface area contributed by atoms with E-state index in [4.69, 9.17) is 9.10 Å². The monoisotopic (exact) mass is 365 g/mol. The summed E-state index contributed by atoms with van der Waals surface area (Å²) in [4.78, 5) is 1.46. The van der Waals surface area contributed by atoms with E-state index in [0.29, 0.717) is 0 Å². The molecular weight excluding hydrogens is 342 g/mol. The third kappa shape index (κ3) is 3.81. The molecule has 0 aliphatic rings. The van der Waals surface area contributed by atoms with Crippen molar-refractivity contribution >= 4 is 9.73 Å². The van der Waals surface area contributed by atoms with Crippen molar-refractivity contribution in [3.8, 4) is 5.75 Å². The highest BCUT2D eigenvalue weighted by Crippen LogP contribution is 2.29. The van der Waals surface area contributed by atoms with Gasteiger partial charge >= 0.3 is 0 Å². The molecule has 0 radical (unpaired) electrons. The molecular formula is C22H23NO2S. The molecule has 3 rings (SSSR count). The van der Waals surface area contributed by atoms with E-state index in [1.807, 2.05) is 92.7 Å². The SMILES string of the molecule is COc1ccc(C(C)N=S(=O)(c2ccccc2)c2ccc(C)cc2)cc1. The molecule has 0 spiro atoms. The molecule has 0 saturated carbocycles. The third-order valence-electron chi connectivity index (χ3n) is 4.31. The smallest absolute Gasteiger partial charge is 0.118 e. The van der Waals surface area contributed by atoms with E-state index in [2.05, 4.69) is 0 Å². The highest BCUT2D eigenvalue weighted by atomic mass is 32.2. The summed E-state index contributed by atoms with van der Waals surface area (Å²) in [6, 6.07) is 24.8. The highest BCUT2D eigenvalue weighted by molar-refractivity contribution is 7.93. The normalized spacial score (nSPS) is 14.3. The second-order valence-corrected chi connectivity index (χ2v) is 8.41. The number of hydrogen-bond acceptors (Lipinski definition) is 3. The number of hydrogen-bond donors (Lipinski definition) is 0. The number of ether oxygens (including phenoxy) is 1. The van der Waals surface area contributed by atoms with Crippen molar-refractivity contribution in [3.63, 3.8) is 0 Å². The Kier molecular flexibility index (Phi) is 5.43. The van der Waals surface area contributed by atoms with Crippen LogP contribution in [0.1, 0.15) is 24.1 Å². The zero-order valence-electron chi connectivity index (χ0n) is 15.3. The minimum Gasteiger partial charge on any atom is -0.497 e. The lowest BCUT2D eigenvalue weighted by Gasteiger charge is -2.15. The molecule has 0 aromatic heterocycles. The Hall–Kier alpha value is -2.59. The van der Waals surface area contributed by atoms with Crippen LogP contribution in [0.3, 0.4) is 0 Å². The van der Waals surface area contributed by atoms with Crippen LogP contribution < -0.4 is 4.74 Å². The van der Waals surface area contributed by atoms with Crippen molar-refractivity contribution in [1.29, 1.82) is 0 Å². The highest BCUT2D eigenvalue weighted by Gasteiger charge is 2.18. The summed E-state index contributed by atoms with van der Waals surface area (Å²) in [5.74, 6) is 0.795. The van der Waals surface area contributed by atoms with E-state index in [9.17, 15) is 4.21 Å². The zero-order chi connectivity index (χ0) is 18.6. The van der Waals surface area contributed by atoms with Gasteiger partial charge in [-0.25, -0.2) is 8.57 Å². The zero-order valence-corrected chi connectivity index (χ0v) is 16.1. The van der Waals surface area contributed by atoms with Crippen LogP contribution in [-0.4, -0.2) is 11.3 Å². The van der Waals surface area contributed by atoms with Crippen LogP contribution in [0, 0.1) is 6.92 Å². The summed E-state index contributed by atoms with van der Waals surface area (Å²) in [6.07, 6.45) is 0. The molecule has 0 N–H and O–H groups in total. The molecule has 0 heterocycles. The molecule has 26 heavy (non-hydrogen) atoms. The molecule has 4 heteroatoms. The van der Waals surface area contributed by atoms with E-state index >= 15 is 0 Å². The summed E-state index contributed by atoms with van der Waals surface area (Å²) in [5, 5.41) is 0. The minimum absolute atomic E-state index is 0.213. The fourth-order valence-corrected chi connectivity index (χ4v) is 4.87. The van der Waals surface area contributed by atoms with Gasteiger partial charge in [0.2, 0.25) is 0 Å². The van der Waals surface area contributed by atoms with Crippen LogP contribution in [0.5, 0.6) is 5.75 Å². The molecule has 2 atom stereocenters. The van der Waals surface area contributed by atoms with E-state index in [1.165, 1.54) is 0 Å². The van der Waals surface area contributed by atoms with Crippen molar-refractivity contribution in [2.24, 2.45) is 4.36 Å². The molecule has 3 aromatic rings. The predicted octanol–water partition coefficient (Wildman–Crippen LogP) is 5.65. The van der Waals surface area contributed by atoms with Gasteiger partial charge in [0.05, 0.1) is 22.9 Å². The second-order valence-electron chi connectivity index (χ2n) is 6.21. The maximum absolute atomic E-state index is 14.0. The maximum atomic E-state index is 14.0. The summed E-state index contributed by atoms with van der Waals surface area (Å²) in [6.45, 7) is 3.99. The summed E-state index contributed by atoms with van der Waals surface area (Å²) >= 11 is 0. The number of aryl methyl sites for hydroxylation is 1. The van der Waals surface area contributed by atoms with Gasteiger partial charge in [0.1, 0.15) is 15.5 Å². The Balaban J connectivity index is 2.12. The van der Waals surface area contributed by atoms with Crippen molar-refractivity contribution < 1.29 is 8.95 Å². The Labute approximate surface area is 155 Å². The average Bonchev–Trinajstić information content (AvgIpc) is 2.69. The van der Waals surface area contributed by atoms with Crippen molar-refractivity contribution in [2.45, 2.75) is 29.7 Å². The van der Waals surface area contributed by atoms with Gasteiger partial charge in [-0.2, -0.15) is 0 Å². The van der Waals surface area contributed by atoms with Gasteiger partial charge in [-0.15, -0.1) is 0 Å². The van der Waals surface area contributed by atoms with Gasteiger partial charge in [-0.1, -0.05) is 48.0 Å². The molecule has 3 nitrogen and oxygen atoms in total. The lowest BCUT2D eigenvalue weighted by Crippen LogP contribution is -2.05. The molecule has 0 bridgehead atoms. The van der Waals surface area contributed by atoms with Crippen LogP contribution in [0.25, 0.3) is 0 Å². The summed E-state index contributed by atoms with van der Waals surface area (Å²) in [7, 11) is -1.09. The Morgan fingerprint density at radius 2 is 1.42 bits per heavy atom. The van der Waals surface area contributed by atoms with Gasteiger partial charge < -0.3 is 4.74 Å². The second kappa shape index (κ2) is 7.75. The molecule has 134 valence electrons. The molecule has 0 fully saturated rings. The maximum Gasteiger partial charge on any atom is 0.118 e. The van der Waals surface area contributed by atoms with Crippen molar-refractivity contribution in [3.05, 3.63) is 90.0 Å². The fraction of sp³-hybridized carbons (Fsp3) is 0.182. The quantitative estimate of drug-likeness (QED) is 0.586. The van der Waals surface area contributed by atoms with E-state index in [0.717, 1.165) is 26.7 Å². The van der Waals surface area contributed by atoms with E-state index < -0.39 is 9.73 Å². The van der Waals surface area contributed by atoms with Crippen molar-refractivity contribution in [2.75, 3.05) is 7.11 Å². The van der Waals surface area contributed by atoms with Crippen molar-refractivity contribution in [1.82, 2.24) is 0 Å². The average molecular weight is 365 g/mol. The molecule has 0 aliphatic carbocycles. The standard InChI is InChI=1S/C22H23NO2S/c1-17-9-15-22(16-10-17)26(24,21-7-5-4-6-8-21)23-18(2)19-11-13-20(25-3)14-12-19/h4-16,18H,1-3H3. The van der Waals surface area contributed by atoms with Crippen LogP contribution in [0.4, 0.5) is 0 Å². The number of benzene rings is 3. The van der Waals surface area contributed by atoms with E-state index in [-0.39, 0.29) is 6.04 Å². The third-order valence-corrected chi connectivity index (χ3v) is 6.74. The minimum atomic E-state index is -2.73. The van der Waals surface area contributed by atoms with Gasteiger partial charge in [-0.05, 0) is 55.8 Å². The Bertz CT molecular complexity index is 971. The van der Waals surface area contributed by atoms with Gasteiger partial charge in [0.25, 0.3) is 0 Å². The van der Waals surface area contributed by atoms with Crippen LogP contribution >= 0.6 is 0 Å². The number of rotatable bonds is 5. The molecule has 2 unspecified atom stereocenters. The fourth-order valence-electron chi connectivity index (χ4n) is 2.75. The van der Waals surface area contributed by atoms with Crippen LogP contribution in [-0.2, 0) is 9.73 Å². The molecule has 0 saturated heterocycles. The molecule has 3 aromatic carbocycles. The van der Waals surface area contributed by atoms with Gasteiger partial charge in [-0.3, -0.25) is 0 Å². The predicted molar refractivity (Wildman–Crippen MR) is 106 cm³/mol. The lowest BCUT2D eigenvalue weighted by atomic mass is 10.1. The number of nitrogens with zero attached hydrogens (tertiary/aromatic N) is 1. The van der Waals surface area contributed by atoms with Crippen LogP contribution in [0.15, 0.2) is 93.0 Å². The van der Waals surface area contributed by atoms with Gasteiger partial charge in [0.15, 0.2) is 0 Å². The first kappa shape index (κ1) is 18.2. The lowest BCUT2D eigenvalue weighted by molar-refractivity contribution is 0.414. The molecule has 0 aliphatic heterocycles. The van der Waals surface area contributed by atoms with E-state index in [1.54, 1.807) is 7.11 Å². The first-order valence-corrected chi connectivity index (χ1v) is 10.1. The van der Waals surface area contributed by atoms with Crippen LogP contribution in [0.2, 0.25) is 0 Å². The molecule has 0 amide bonds. The Morgan fingerprint density at radius 3 is 2.00 bits per heavy atom. The first-order chi connectivity index (χ1) is 12.5. The number of methoxy groups -OCH3 is 1. The topological polar surface area (TPSA) is 38.7 Å². The largest absolute Gasteiger partial charge is 0.497 e. The summed E-state index contributed by atoms with van der Waals surface area (Å²) < 4.78 is 24.0.